The molecule has 1 rings (SSSR count). The Morgan fingerprint density at radius 2 is 2.00 bits per heavy atom. The number of hydrogen-bond acceptors (Lipinski definition) is 3. The summed E-state index contributed by atoms with van der Waals surface area (Å²) >= 11 is 0. The molecule has 1 aromatic rings. The molecule has 0 saturated carbocycles. The second-order valence-electron chi connectivity index (χ2n) is 4.29. The van der Waals surface area contributed by atoms with Crippen LogP contribution in [0.4, 0.5) is 0 Å². The van der Waals surface area contributed by atoms with E-state index >= 15 is 0 Å². The van der Waals surface area contributed by atoms with Gasteiger partial charge in [-0.15, -0.1) is 0 Å². The lowest BCUT2D eigenvalue weighted by atomic mass is 10.1. The molecule has 1 amide bonds. The van der Waals surface area contributed by atoms with Gasteiger partial charge in [0.15, 0.2) is 0 Å². The fourth-order valence-electron chi connectivity index (χ4n) is 1.42. The first-order chi connectivity index (χ1) is 9.09. The number of nitrogens with one attached hydrogen (secondary N) is 1. The molecule has 0 heterocycles. The van der Waals surface area contributed by atoms with Crippen LogP contribution >= 0.6 is 0 Å². The van der Waals surface area contributed by atoms with Crippen LogP contribution < -0.4 is 10.1 Å². The summed E-state index contributed by atoms with van der Waals surface area (Å²) < 4.78 is 5.39. The van der Waals surface area contributed by atoms with Gasteiger partial charge in [0.1, 0.15) is 5.75 Å². The molecule has 104 valence electrons. The highest BCUT2D eigenvalue weighted by atomic mass is 16.5. The van der Waals surface area contributed by atoms with Gasteiger partial charge in [-0.3, -0.25) is 9.59 Å². The van der Waals surface area contributed by atoms with Crippen LogP contribution in [-0.2, 0) is 9.59 Å². The number of hydrogen-bond donors (Lipinski definition) is 2. The van der Waals surface area contributed by atoms with Crippen LogP contribution in [0.25, 0.3) is 0 Å². The van der Waals surface area contributed by atoms with Crippen molar-refractivity contribution in [2.24, 2.45) is 5.92 Å². The van der Waals surface area contributed by atoms with Crippen molar-refractivity contribution in [3.63, 3.8) is 0 Å². The Hall–Kier alpha value is -2.04. The minimum absolute atomic E-state index is 0.131. The van der Waals surface area contributed by atoms with Gasteiger partial charge in [-0.25, -0.2) is 0 Å². The van der Waals surface area contributed by atoms with Gasteiger partial charge in [-0.2, -0.15) is 0 Å². The van der Waals surface area contributed by atoms with Gasteiger partial charge >= 0.3 is 5.97 Å². The normalized spacial score (nSPS) is 11.6. The zero-order valence-corrected chi connectivity index (χ0v) is 11.0. The summed E-state index contributed by atoms with van der Waals surface area (Å²) in [7, 11) is 0. The van der Waals surface area contributed by atoms with Crippen LogP contribution in [0.3, 0.4) is 0 Å². The van der Waals surface area contributed by atoms with E-state index in [1.807, 2.05) is 30.3 Å². The summed E-state index contributed by atoms with van der Waals surface area (Å²) in [5.41, 5.74) is 0. The van der Waals surface area contributed by atoms with E-state index in [-0.39, 0.29) is 12.3 Å². The van der Waals surface area contributed by atoms with E-state index in [0.717, 1.165) is 5.75 Å². The smallest absolute Gasteiger partial charge is 0.306 e. The minimum atomic E-state index is -0.846. The predicted octanol–water partition coefficient (Wildman–Crippen LogP) is 1.68. The lowest BCUT2D eigenvalue weighted by Crippen LogP contribution is -2.28. The number of amides is 1. The maximum Gasteiger partial charge on any atom is 0.306 e. The lowest BCUT2D eigenvalue weighted by molar-refractivity contribution is -0.141. The molecule has 1 unspecified atom stereocenters. The van der Waals surface area contributed by atoms with Crippen LogP contribution in [0.1, 0.15) is 19.8 Å². The number of rotatable bonds is 8. The highest BCUT2D eigenvalue weighted by Gasteiger charge is 2.10. The molecule has 1 atom stereocenters. The van der Waals surface area contributed by atoms with Crippen molar-refractivity contribution in [1.29, 1.82) is 0 Å². The summed E-state index contributed by atoms with van der Waals surface area (Å²) in [5, 5.41) is 11.4. The minimum Gasteiger partial charge on any atom is -0.493 e. The molecule has 0 aliphatic carbocycles. The number of para-hydroxylation sites is 1. The molecule has 0 saturated heterocycles. The highest BCUT2D eigenvalue weighted by Crippen LogP contribution is 2.08. The van der Waals surface area contributed by atoms with Gasteiger partial charge in [-0.1, -0.05) is 25.1 Å². The second kappa shape index (κ2) is 8.13. The van der Waals surface area contributed by atoms with Crippen LogP contribution in [0.5, 0.6) is 5.75 Å². The quantitative estimate of drug-likeness (QED) is 0.750. The molecule has 0 aromatic heterocycles. The second-order valence-corrected chi connectivity index (χ2v) is 4.29. The molecule has 2 N–H and O–H groups in total. The van der Waals surface area contributed by atoms with Gasteiger partial charge in [0, 0.05) is 6.54 Å². The van der Waals surface area contributed by atoms with Crippen molar-refractivity contribution >= 4 is 11.9 Å². The zero-order valence-electron chi connectivity index (χ0n) is 11.0. The largest absolute Gasteiger partial charge is 0.493 e. The van der Waals surface area contributed by atoms with Crippen molar-refractivity contribution in [3.8, 4) is 5.75 Å². The number of carbonyl (C=O) groups excluding carboxylic acids is 1. The summed E-state index contributed by atoms with van der Waals surface area (Å²) in [6, 6.07) is 9.27. The molecular formula is C14H19NO4. The molecule has 0 aliphatic heterocycles. The summed E-state index contributed by atoms with van der Waals surface area (Å²) in [4.78, 5) is 22.0. The van der Waals surface area contributed by atoms with Gasteiger partial charge in [-0.05, 0) is 18.6 Å². The topological polar surface area (TPSA) is 75.6 Å². The van der Waals surface area contributed by atoms with Crippen molar-refractivity contribution in [1.82, 2.24) is 5.32 Å². The van der Waals surface area contributed by atoms with Gasteiger partial charge < -0.3 is 15.2 Å². The number of aliphatic carboxylic acids is 1. The SMILES string of the molecule is CC(CCNC(=O)CCOc1ccccc1)C(=O)O. The first-order valence-corrected chi connectivity index (χ1v) is 6.27. The van der Waals surface area contributed by atoms with E-state index in [4.69, 9.17) is 9.84 Å². The number of carboxylic acid groups (broad SMARTS) is 1. The average Bonchev–Trinajstić information content (AvgIpc) is 2.39. The number of carbonyl (C=O) groups is 2. The first-order valence-electron chi connectivity index (χ1n) is 6.27. The molecule has 0 spiro atoms. The molecular weight excluding hydrogens is 246 g/mol. The van der Waals surface area contributed by atoms with E-state index in [1.54, 1.807) is 6.92 Å². The van der Waals surface area contributed by atoms with Crippen molar-refractivity contribution in [3.05, 3.63) is 30.3 Å². The molecule has 5 nitrogen and oxygen atoms in total. The Bertz CT molecular complexity index is 405. The van der Waals surface area contributed by atoms with E-state index in [0.29, 0.717) is 19.6 Å². The fourth-order valence-corrected chi connectivity index (χ4v) is 1.42. The zero-order chi connectivity index (χ0) is 14.1. The van der Waals surface area contributed by atoms with Gasteiger partial charge in [0.2, 0.25) is 5.91 Å². The fraction of sp³-hybridized carbons (Fsp3) is 0.429. The van der Waals surface area contributed by atoms with E-state index in [1.165, 1.54) is 0 Å². The molecule has 1 aromatic carbocycles. The van der Waals surface area contributed by atoms with E-state index in [2.05, 4.69) is 5.32 Å². The predicted molar refractivity (Wildman–Crippen MR) is 71.0 cm³/mol. The Kier molecular flexibility index (Phi) is 6.43. The average molecular weight is 265 g/mol. The van der Waals surface area contributed by atoms with Crippen LogP contribution in [0.15, 0.2) is 30.3 Å². The number of carboxylic acids is 1. The molecule has 0 bridgehead atoms. The molecule has 5 heteroatoms. The van der Waals surface area contributed by atoms with Crippen molar-refractivity contribution in [2.45, 2.75) is 19.8 Å². The third-order valence-electron chi connectivity index (χ3n) is 2.66. The molecule has 19 heavy (non-hydrogen) atoms. The third-order valence-corrected chi connectivity index (χ3v) is 2.66. The van der Waals surface area contributed by atoms with E-state index < -0.39 is 11.9 Å². The summed E-state index contributed by atoms with van der Waals surface area (Å²) in [6.45, 7) is 2.30. The molecule has 0 aliphatic rings. The van der Waals surface area contributed by atoms with Crippen molar-refractivity contribution in [2.75, 3.05) is 13.2 Å². The molecule has 0 fully saturated rings. The van der Waals surface area contributed by atoms with E-state index in [9.17, 15) is 9.59 Å². The van der Waals surface area contributed by atoms with Gasteiger partial charge in [0.05, 0.1) is 18.9 Å². The highest BCUT2D eigenvalue weighted by molar-refractivity contribution is 5.76. The number of ether oxygens (including phenoxy) is 1. The number of benzene rings is 1. The molecule has 0 radical (unpaired) electrons. The van der Waals surface area contributed by atoms with Gasteiger partial charge in [0.25, 0.3) is 0 Å². The maximum absolute atomic E-state index is 11.4. The Labute approximate surface area is 112 Å². The summed E-state index contributed by atoms with van der Waals surface area (Å²) in [6.07, 6.45) is 0.691. The third kappa shape index (κ3) is 6.45. The standard InChI is InChI=1S/C14H19NO4/c1-11(14(17)18)7-9-15-13(16)8-10-19-12-5-3-2-4-6-12/h2-6,11H,7-10H2,1H3,(H,15,16)(H,17,18). The Balaban J connectivity index is 2.10. The van der Waals surface area contributed by atoms with Crippen LogP contribution in [-0.4, -0.2) is 30.1 Å². The van der Waals surface area contributed by atoms with Crippen molar-refractivity contribution < 1.29 is 19.4 Å². The Morgan fingerprint density at radius 1 is 1.32 bits per heavy atom. The van der Waals surface area contributed by atoms with Crippen LogP contribution in [0, 0.1) is 5.92 Å². The maximum atomic E-state index is 11.4. The first kappa shape index (κ1) is 15.0. The van der Waals surface area contributed by atoms with Crippen LogP contribution in [0.2, 0.25) is 0 Å². The Morgan fingerprint density at radius 3 is 2.63 bits per heavy atom. The lowest BCUT2D eigenvalue weighted by Gasteiger charge is -2.08. The summed E-state index contributed by atoms with van der Waals surface area (Å²) in [5.74, 6) is -0.689. The monoisotopic (exact) mass is 265 g/mol.